The summed E-state index contributed by atoms with van der Waals surface area (Å²) < 4.78 is 12.2. The summed E-state index contributed by atoms with van der Waals surface area (Å²) in [6, 6.07) is 4.96. The second kappa shape index (κ2) is 6.84. The number of aryl methyl sites for hydroxylation is 3. The molecule has 0 spiro atoms. The van der Waals surface area contributed by atoms with Crippen molar-refractivity contribution < 1.29 is 14.3 Å². The maximum Gasteiger partial charge on any atom is 0.256 e. The molecule has 0 saturated carbocycles. The highest BCUT2D eigenvalue weighted by molar-refractivity contribution is 6.32. The number of carbonyl (C=O) groups is 1. The van der Waals surface area contributed by atoms with Gasteiger partial charge in [0, 0.05) is 24.9 Å². The van der Waals surface area contributed by atoms with Gasteiger partial charge >= 0.3 is 0 Å². The summed E-state index contributed by atoms with van der Waals surface area (Å²) >= 11 is 6.12. The van der Waals surface area contributed by atoms with Gasteiger partial charge in [0.2, 0.25) is 0 Å². The van der Waals surface area contributed by atoms with Crippen LogP contribution in [0.1, 0.15) is 21.7 Å². The summed E-state index contributed by atoms with van der Waals surface area (Å²) in [6.07, 6.45) is 0. The van der Waals surface area contributed by atoms with E-state index in [0.717, 1.165) is 16.8 Å². The lowest BCUT2D eigenvalue weighted by atomic mass is 10.1. The van der Waals surface area contributed by atoms with Gasteiger partial charge in [-0.2, -0.15) is 5.10 Å². The van der Waals surface area contributed by atoms with Crippen molar-refractivity contribution in [2.75, 3.05) is 19.5 Å². The normalized spacial score (nSPS) is 10.8. The molecule has 1 N–H and O–H groups in total. The Bertz CT molecular complexity index is 1010. The maximum absolute atomic E-state index is 13.0. The van der Waals surface area contributed by atoms with Crippen LogP contribution in [-0.4, -0.2) is 34.9 Å². The molecule has 0 aliphatic heterocycles. The smallest absolute Gasteiger partial charge is 0.256 e. The number of nitrogens with one attached hydrogen (secondary N) is 1. The van der Waals surface area contributed by atoms with Crippen LogP contribution in [0.2, 0.25) is 5.02 Å². The van der Waals surface area contributed by atoms with E-state index in [0.29, 0.717) is 33.4 Å². The van der Waals surface area contributed by atoms with E-state index in [1.165, 1.54) is 14.2 Å². The Balaban J connectivity index is 2.08. The second-order valence-corrected chi connectivity index (χ2v) is 6.27. The molecular weight excluding hydrogens is 356 g/mol. The number of hydrogen-bond donors (Lipinski definition) is 1. The minimum atomic E-state index is -0.292. The van der Waals surface area contributed by atoms with Crippen LogP contribution in [0.25, 0.3) is 11.0 Å². The fraction of sp³-hybridized carbons (Fsp3) is 0.278. The van der Waals surface area contributed by atoms with Gasteiger partial charge in [0.1, 0.15) is 11.5 Å². The number of anilines is 1. The number of nitrogens with zero attached hydrogens (tertiary/aromatic N) is 3. The van der Waals surface area contributed by atoms with E-state index < -0.39 is 0 Å². The largest absolute Gasteiger partial charge is 0.495 e. The summed E-state index contributed by atoms with van der Waals surface area (Å²) in [6.45, 7) is 3.69. The highest BCUT2D eigenvalue weighted by atomic mass is 35.5. The Kier molecular flexibility index (Phi) is 4.73. The van der Waals surface area contributed by atoms with Crippen LogP contribution in [0.5, 0.6) is 11.5 Å². The number of hydrogen-bond acceptors (Lipinski definition) is 5. The number of halogens is 1. The Morgan fingerprint density at radius 1 is 1.15 bits per heavy atom. The molecule has 0 aliphatic rings. The van der Waals surface area contributed by atoms with Crippen LogP contribution in [-0.2, 0) is 7.05 Å². The SMILES string of the molecule is COc1cc(NC(=O)c2cc(C)nc3c2c(C)nn3C)c(OC)cc1Cl. The van der Waals surface area contributed by atoms with Crippen LogP contribution in [0.4, 0.5) is 5.69 Å². The fourth-order valence-electron chi connectivity index (χ4n) is 2.90. The molecule has 2 aromatic heterocycles. The van der Waals surface area contributed by atoms with Crippen LogP contribution in [0.15, 0.2) is 18.2 Å². The first-order chi connectivity index (χ1) is 12.3. The number of aromatic nitrogens is 3. The molecule has 7 nitrogen and oxygen atoms in total. The summed E-state index contributed by atoms with van der Waals surface area (Å²) in [4.78, 5) is 17.5. The monoisotopic (exact) mass is 374 g/mol. The third-order valence-electron chi connectivity index (χ3n) is 4.06. The van der Waals surface area contributed by atoms with Crippen molar-refractivity contribution in [1.29, 1.82) is 0 Å². The van der Waals surface area contributed by atoms with E-state index in [1.807, 2.05) is 13.8 Å². The number of amides is 1. The Labute approximate surface area is 155 Å². The minimum Gasteiger partial charge on any atom is -0.495 e. The topological polar surface area (TPSA) is 78.3 Å². The van der Waals surface area contributed by atoms with E-state index in [9.17, 15) is 4.79 Å². The molecule has 3 rings (SSSR count). The molecule has 0 fully saturated rings. The van der Waals surface area contributed by atoms with Gasteiger partial charge < -0.3 is 14.8 Å². The van der Waals surface area contributed by atoms with Gasteiger partial charge in [-0.1, -0.05) is 11.6 Å². The zero-order chi connectivity index (χ0) is 19.0. The fourth-order valence-corrected chi connectivity index (χ4v) is 3.13. The van der Waals surface area contributed by atoms with Gasteiger partial charge in [-0.15, -0.1) is 0 Å². The van der Waals surface area contributed by atoms with Crippen molar-refractivity contribution >= 4 is 34.2 Å². The van der Waals surface area contributed by atoms with Crippen molar-refractivity contribution in [3.8, 4) is 11.5 Å². The molecule has 0 atom stereocenters. The van der Waals surface area contributed by atoms with Crippen molar-refractivity contribution in [1.82, 2.24) is 14.8 Å². The first kappa shape index (κ1) is 18.0. The molecule has 1 amide bonds. The predicted octanol–water partition coefficient (Wildman–Crippen LogP) is 3.51. The first-order valence-corrected chi connectivity index (χ1v) is 8.27. The molecule has 3 aromatic rings. The summed E-state index contributed by atoms with van der Waals surface area (Å²) in [7, 11) is 4.82. The van der Waals surface area contributed by atoms with E-state index >= 15 is 0 Å². The zero-order valence-electron chi connectivity index (χ0n) is 15.2. The number of ether oxygens (including phenoxy) is 2. The zero-order valence-corrected chi connectivity index (χ0v) is 15.9. The number of benzene rings is 1. The first-order valence-electron chi connectivity index (χ1n) is 7.89. The van der Waals surface area contributed by atoms with Gasteiger partial charge in [0.25, 0.3) is 5.91 Å². The minimum absolute atomic E-state index is 0.292. The van der Waals surface area contributed by atoms with Crippen molar-refractivity contribution in [3.05, 3.63) is 40.2 Å². The van der Waals surface area contributed by atoms with Crippen LogP contribution >= 0.6 is 11.6 Å². The quantitative estimate of drug-likeness (QED) is 0.756. The Morgan fingerprint density at radius 3 is 2.50 bits per heavy atom. The molecule has 0 saturated heterocycles. The van der Waals surface area contributed by atoms with Gasteiger partial charge in [-0.3, -0.25) is 9.48 Å². The van der Waals surface area contributed by atoms with Gasteiger partial charge in [-0.25, -0.2) is 4.98 Å². The number of fused-ring (bicyclic) bond motifs is 1. The van der Waals surface area contributed by atoms with Crippen LogP contribution < -0.4 is 14.8 Å². The van der Waals surface area contributed by atoms with Gasteiger partial charge in [0.05, 0.1) is 41.6 Å². The molecule has 26 heavy (non-hydrogen) atoms. The lowest BCUT2D eigenvalue weighted by Crippen LogP contribution is -2.14. The maximum atomic E-state index is 13.0. The second-order valence-electron chi connectivity index (χ2n) is 5.86. The average Bonchev–Trinajstić information content (AvgIpc) is 2.89. The lowest BCUT2D eigenvalue weighted by molar-refractivity contribution is 0.102. The van der Waals surface area contributed by atoms with E-state index in [-0.39, 0.29) is 5.91 Å². The van der Waals surface area contributed by atoms with Crippen LogP contribution in [0.3, 0.4) is 0 Å². The third-order valence-corrected chi connectivity index (χ3v) is 4.36. The molecule has 1 aromatic carbocycles. The van der Waals surface area contributed by atoms with Gasteiger partial charge in [-0.05, 0) is 19.9 Å². The molecule has 2 heterocycles. The lowest BCUT2D eigenvalue weighted by Gasteiger charge is -2.14. The number of methoxy groups -OCH3 is 2. The summed E-state index contributed by atoms with van der Waals surface area (Å²) in [5, 5.41) is 8.35. The molecule has 0 unspecified atom stereocenters. The molecule has 136 valence electrons. The van der Waals surface area contributed by atoms with Crippen molar-refractivity contribution in [3.63, 3.8) is 0 Å². The van der Waals surface area contributed by atoms with Gasteiger partial charge in [0.15, 0.2) is 5.65 Å². The van der Waals surface area contributed by atoms with E-state index in [2.05, 4.69) is 15.4 Å². The molecule has 0 radical (unpaired) electrons. The average molecular weight is 375 g/mol. The van der Waals surface area contributed by atoms with Crippen molar-refractivity contribution in [2.45, 2.75) is 13.8 Å². The molecule has 0 aliphatic carbocycles. The molecule has 8 heteroatoms. The number of carbonyl (C=O) groups excluding carboxylic acids is 1. The summed E-state index contributed by atoms with van der Waals surface area (Å²) in [5.41, 5.74) is 3.08. The Morgan fingerprint density at radius 2 is 1.85 bits per heavy atom. The predicted molar refractivity (Wildman–Crippen MR) is 100 cm³/mol. The third kappa shape index (κ3) is 3.06. The number of pyridine rings is 1. The van der Waals surface area contributed by atoms with Crippen LogP contribution in [0, 0.1) is 13.8 Å². The summed E-state index contributed by atoms with van der Waals surface area (Å²) in [5.74, 6) is 0.588. The molecular formula is C18H19ClN4O3. The highest BCUT2D eigenvalue weighted by Gasteiger charge is 2.20. The standard InChI is InChI=1S/C18H19ClN4O3/c1-9-6-11(16-10(2)22-23(3)17(16)20-9)18(24)21-13-8-14(25-4)12(19)7-15(13)26-5/h6-8H,1-5H3,(H,21,24). The van der Waals surface area contributed by atoms with E-state index in [4.69, 9.17) is 21.1 Å². The molecule has 0 bridgehead atoms. The van der Waals surface area contributed by atoms with Crippen molar-refractivity contribution in [2.24, 2.45) is 7.05 Å². The van der Waals surface area contributed by atoms with E-state index in [1.54, 1.807) is 29.9 Å². The number of rotatable bonds is 4. The highest BCUT2D eigenvalue weighted by Crippen LogP contribution is 2.36. The Hall–Kier alpha value is -2.80.